The molecule has 2 atom stereocenters. The number of amides is 3. The number of benzene rings is 1. The van der Waals surface area contributed by atoms with Gasteiger partial charge in [-0.15, -0.1) is 0 Å². The fourth-order valence-corrected chi connectivity index (χ4v) is 5.48. The standard InChI is InChI=1S/C28H36N6O6/c1-17(35)32-7-9-33(10-8-32)26-14-19(13-25(31-26)30-21-3-2-4-21)27(38)29-15-24(37)23-12-18-5-6-22(36)11-20(18)16-34(23)28(39)40/h5-6,11,13-14,21,23-24,36-37H,2-4,7-10,12,15-16H2,1H3,(H,29,38)(H,30,31)(H,39,40)/t23-,24?/m0/s1. The number of carboxylic acid groups (broad SMARTS) is 1. The molecule has 5 rings (SSSR count). The van der Waals surface area contributed by atoms with Crippen LogP contribution in [-0.4, -0.2) is 98.9 Å². The highest BCUT2D eigenvalue weighted by Gasteiger charge is 2.35. The Kier molecular flexibility index (Phi) is 7.97. The summed E-state index contributed by atoms with van der Waals surface area (Å²) >= 11 is 0. The molecule has 1 aromatic carbocycles. The van der Waals surface area contributed by atoms with E-state index in [9.17, 15) is 29.7 Å². The van der Waals surface area contributed by atoms with Crippen LogP contribution in [-0.2, 0) is 17.8 Å². The van der Waals surface area contributed by atoms with E-state index in [-0.39, 0.29) is 31.2 Å². The van der Waals surface area contributed by atoms with Crippen molar-refractivity contribution >= 4 is 29.5 Å². The molecule has 12 nitrogen and oxygen atoms in total. The number of hydrogen-bond donors (Lipinski definition) is 5. The van der Waals surface area contributed by atoms with Crippen LogP contribution in [0.4, 0.5) is 16.4 Å². The van der Waals surface area contributed by atoms with Gasteiger partial charge >= 0.3 is 6.09 Å². The highest BCUT2D eigenvalue weighted by atomic mass is 16.4. The lowest BCUT2D eigenvalue weighted by Crippen LogP contribution is -2.53. The molecule has 2 aromatic rings. The third kappa shape index (κ3) is 6.06. The fourth-order valence-electron chi connectivity index (χ4n) is 5.48. The molecule has 0 radical (unpaired) electrons. The smallest absolute Gasteiger partial charge is 0.407 e. The molecule has 2 aliphatic heterocycles. The van der Waals surface area contributed by atoms with Crippen molar-refractivity contribution in [2.24, 2.45) is 0 Å². The van der Waals surface area contributed by atoms with Gasteiger partial charge in [-0.05, 0) is 61.1 Å². The molecule has 1 unspecified atom stereocenters. The summed E-state index contributed by atoms with van der Waals surface area (Å²) in [6, 6.07) is 7.77. The van der Waals surface area contributed by atoms with Crippen LogP contribution in [0.2, 0.25) is 0 Å². The minimum absolute atomic E-state index is 0.0349. The van der Waals surface area contributed by atoms with Crippen molar-refractivity contribution in [2.75, 3.05) is 42.9 Å². The minimum atomic E-state index is -1.18. The van der Waals surface area contributed by atoms with Crippen LogP contribution in [0.15, 0.2) is 30.3 Å². The molecule has 1 aliphatic carbocycles. The lowest BCUT2D eigenvalue weighted by molar-refractivity contribution is -0.129. The van der Waals surface area contributed by atoms with E-state index >= 15 is 0 Å². The van der Waals surface area contributed by atoms with Gasteiger partial charge in [0.25, 0.3) is 5.91 Å². The molecule has 12 heteroatoms. The number of carbonyl (C=O) groups is 3. The number of hydrogen-bond acceptors (Lipinski definition) is 8. The Balaban J connectivity index is 1.28. The number of phenolic OH excluding ortho intramolecular Hbond substituents is 1. The second-order valence-corrected chi connectivity index (χ2v) is 10.8. The number of piperazine rings is 1. The van der Waals surface area contributed by atoms with Gasteiger partial charge in [0.2, 0.25) is 5.91 Å². The normalized spacial score (nSPS) is 19.9. The SMILES string of the molecule is CC(=O)N1CCN(c2cc(C(=O)NCC(O)[C@@H]3Cc4ccc(O)cc4CN3C(=O)O)cc(NC3CCC3)n2)CC1. The van der Waals surface area contributed by atoms with E-state index in [1.165, 1.54) is 12.1 Å². The summed E-state index contributed by atoms with van der Waals surface area (Å²) < 4.78 is 0. The zero-order valence-electron chi connectivity index (χ0n) is 22.5. The molecule has 214 valence electrons. The van der Waals surface area contributed by atoms with Gasteiger partial charge in [0, 0.05) is 57.8 Å². The van der Waals surface area contributed by atoms with Gasteiger partial charge in [-0.2, -0.15) is 0 Å². The number of pyridine rings is 1. The lowest BCUT2D eigenvalue weighted by Gasteiger charge is -2.37. The van der Waals surface area contributed by atoms with Crippen molar-refractivity contribution in [1.82, 2.24) is 20.1 Å². The first kappa shape index (κ1) is 27.5. The number of aromatic nitrogens is 1. The van der Waals surface area contributed by atoms with E-state index in [1.807, 2.05) is 0 Å². The zero-order chi connectivity index (χ0) is 28.4. The molecule has 0 spiro atoms. The van der Waals surface area contributed by atoms with Gasteiger partial charge in [0.15, 0.2) is 0 Å². The van der Waals surface area contributed by atoms with Gasteiger partial charge in [-0.25, -0.2) is 9.78 Å². The van der Waals surface area contributed by atoms with Gasteiger partial charge in [0.05, 0.1) is 12.1 Å². The molecule has 1 saturated heterocycles. The van der Waals surface area contributed by atoms with E-state index in [1.54, 1.807) is 30.0 Å². The number of aromatic hydroxyl groups is 1. The molecule has 1 aromatic heterocycles. The third-order valence-corrected chi connectivity index (χ3v) is 8.10. The lowest BCUT2D eigenvalue weighted by atomic mass is 9.91. The monoisotopic (exact) mass is 552 g/mol. The topological polar surface area (TPSA) is 159 Å². The average molecular weight is 553 g/mol. The number of nitrogens with one attached hydrogen (secondary N) is 2. The summed E-state index contributed by atoms with van der Waals surface area (Å²) in [6.07, 6.45) is 1.17. The Morgan fingerprint density at radius 3 is 2.48 bits per heavy atom. The molecule has 40 heavy (non-hydrogen) atoms. The average Bonchev–Trinajstić information content (AvgIpc) is 2.92. The largest absolute Gasteiger partial charge is 0.508 e. The van der Waals surface area contributed by atoms with Crippen molar-refractivity contribution in [1.29, 1.82) is 0 Å². The van der Waals surface area contributed by atoms with Crippen molar-refractivity contribution in [3.8, 4) is 5.75 Å². The van der Waals surface area contributed by atoms with Crippen LogP contribution in [0, 0.1) is 0 Å². The van der Waals surface area contributed by atoms with Gasteiger partial charge in [-0.3, -0.25) is 14.5 Å². The maximum atomic E-state index is 13.3. The maximum Gasteiger partial charge on any atom is 0.407 e. The summed E-state index contributed by atoms with van der Waals surface area (Å²) in [5.41, 5.74) is 1.92. The summed E-state index contributed by atoms with van der Waals surface area (Å²) in [4.78, 5) is 46.7. The van der Waals surface area contributed by atoms with Crippen LogP contribution in [0.3, 0.4) is 0 Å². The van der Waals surface area contributed by atoms with Crippen LogP contribution in [0.25, 0.3) is 0 Å². The van der Waals surface area contributed by atoms with E-state index in [0.29, 0.717) is 55.0 Å². The predicted octanol–water partition coefficient (Wildman–Crippen LogP) is 1.62. The Hall–Kier alpha value is -4.06. The Morgan fingerprint density at radius 1 is 1.07 bits per heavy atom. The molecule has 5 N–H and O–H groups in total. The highest BCUT2D eigenvalue weighted by molar-refractivity contribution is 5.95. The number of phenols is 1. The predicted molar refractivity (Wildman–Crippen MR) is 147 cm³/mol. The first-order valence-electron chi connectivity index (χ1n) is 13.7. The van der Waals surface area contributed by atoms with Gasteiger partial charge < -0.3 is 35.8 Å². The summed E-state index contributed by atoms with van der Waals surface area (Å²) in [6.45, 7) is 3.82. The molecular formula is C28H36N6O6. The first-order valence-corrected chi connectivity index (χ1v) is 13.7. The zero-order valence-corrected chi connectivity index (χ0v) is 22.5. The van der Waals surface area contributed by atoms with Crippen molar-refractivity contribution < 1.29 is 29.7 Å². The quantitative estimate of drug-likeness (QED) is 0.344. The first-order chi connectivity index (χ1) is 19.2. The molecular weight excluding hydrogens is 516 g/mol. The van der Waals surface area contributed by atoms with E-state index in [0.717, 1.165) is 29.7 Å². The molecule has 3 aliphatic rings. The number of aliphatic hydroxyl groups is 1. The van der Waals surface area contributed by atoms with Crippen LogP contribution in [0.1, 0.15) is 47.7 Å². The number of nitrogens with zero attached hydrogens (tertiary/aromatic N) is 4. The summed E-state index contributed by atoms with van der Waals surface area (Å²) in [5, 5.41) is 36.7. The summed E-state index contributed by atoms with van der Waals surface area (Å²) in [5.74, 6) is 0.935. The van der Waals surface area contributed by atoms with Crippen LogP contribution >= 0.6 is 0 Å². The third-order valence-electron chi connectivity index (χ3n) is 8.10. The van der Waals surface area contributed by atoms with Crippen LogP contribution in [0.5, 0.6) is 5.75 Å². The minimum Gasteiger partial charge on any atom is -0.508 e. The fraction of sp³-hybridized carbons (Fsp3) is 0.500. The Bertz CT molecular complexity index is 1280. The van der Waals surface area contributed by atoms with Crippen molar-refractivity contribution in [2.45, 2.75) is 57.3 Å². The number of fused-ring (bicyclic) bond motifs is 1. The molecule has 3 amide bonds. The number of rotatable bonds is 7. The second kappa shape index (κ2) is 11.6. The van der Waals surface area contributed by atoms with E-state index in [2.05, 4.69) is 15.5 Å². The number of aliphatic hydroxyl groups excluding tert-OH is 1. The Labute approximate surface area is 232 Å². The maximum absolute atomic E-state index is 13.3. The highest BCUT2D eigenvalue weighted by Crippen LogP contribution is 2.29. The van der Waals surface area contributed by atoms with Crippen molar-refractivity contribution in [3.05, 3.63) is 47.0 Å². The van der Waals surface area contributed by atoms with Crippen molar-refractivity contribution in [3.63, 3.8) is 0 Å². The van der Waals surface area contributed by atoms with Gasteiger partial charge in [0.1, 0.15) is 17.4 Å². The molecule has 1 saturated carbocycles. The van der Waals surface area contributed by atoms with Gasteiger partial charge in [-0.1, -0.05) is 6.07 Å². The molecule has 2 fully saturated rings. The van der Waals surface area contributed by atoms with E-state index < -0.39 is 24.1 Å². The number of carbonyl (C=O) groups excluding carboxylic acids is 2. The molecule has 0 bridgehead atoms. The molecule has 3 heterocycles. The van der Waals surface area contributed by atoms with E-state index in [4.69, 9.17) is 4.98 Å². The van der Waals surface area contributed by atoms with Crippen LogP contribution < -0.4 is 15.5 Å². The number of anilines is 2. The Morgan fingerprint density at radius 2 is 1.82 bits per heavy atom. The summed E-state index contributed by atoms with van der Waals surface area (Å²) in [7, 11) is 0. The second-order valence-electron chi connectivity index (χ2n) is 10.8.